The third-order valence-electron chi connectivity index (χ3n) is 0.754. The number of aromatic amines is 1. The molecule has 0 spiro atoms. The highest BCUT2D eigenvalue weighted by molar-refractivity contribution is 9.10. The van der Waals surface area contributed by atoms with Crippen LogP contribution in [0.1, 0.15) is 0 Å². The molecule has 1 rings (SSSR count). The molecule has 0 saturated carbocycles. The van der Waals surface area contributed by atoms with Gasteiger partial charge in [-0.1, -0.05) is 0 Å². The SMILES string of the molecule is O=c1[nH]cnc(Br)c1F. The maximum absolute atomic E-state index is 12.3. The Labute approximate surface area is 58.1 Å². The molecule has 0 saturated heterocycles. The third kappa shape index (κ3) is 1.16. The monoisotopic (exact) mass is 192 g/mol. The van der Waals surface area contributed by atoms with Gasteiger partial charge in [-0.05, 0) is 15.9 Å². The zero-order valence-electron chi connectivity index (χ0n) is 4.19. The van der Waals surface area contributed by atoms with E-state index in [4.69, 9.17) is 0 Å². The van der Waals surface area contributed by atoms with Crippen molar-refractivity contribution < 1.29 is 4.39 Å². The zero-order chi connectivity index (χ0) is 6.85. The Morgan fingerprint density at radius 1 is 1.78 bits per heavy atom. The summed E-state index contributed by atoms with van der Waals surface area (Å²) in [6.07, 6.45) is 1.12. The van der Waals surface area contributed by atoms with E-state index in [0.717, 1.165) is 6.33 Å². The predicted molar refractivity (Wildman–Crippen MR) is 32.5 cm³/mol. The van der Waals surface area contributed by atoms with Crippen LogP contribution < -0.4 is 5.56 Å². The smallest absolute Gasteiger partial charge is 0.287 e. The average molecular weight is 193 g/mol. The van der Waals surface area contributed by atoms with Crippen LogP contribution in [0.15, 0.2) is 15.7 Å². The molecule has 0 atom stereocenters. The Morgan fingerprint density at radius 2 is 2.44 bits per heavy atom. The van der Waals surface area contributed by atoms with Crippen LogP contribution in [0.3, 0.4) is 0 Å². The predicted octanol–water partition coefficient (Wildman–Crippen LogP) is 0.671. The first kappa shape index (κ1) is 6.41. The van der Waals surface area contributed by atoms with Crippen molar-refractivity contribution in [2.45, 2.75) is 0 Å². The molecule has 9 heavy (non-hydrogen) atoms. The molecule has 0 bridgehead atoms. The normalized spacial score (nSPS) is 9.56. The van der Waals surface area contributed by atoms with Gasteiger partial charge < -0.3 is 4.98 Å². The van der Waals surface area contributed by atoms with Gasteiger partial charge in [0, 0.05) is 0 Å². The van der Waals surface area contributed by atoms with Crippen molar-refractivity contribution in [1.82, 2.24) is 9.97 Å². The van der Waals surface area contributed by atoms with E-state index in [1.807, 2.05) is 0 Å². The van der Waals surface area contributed by atoms with Crippen LogP contribution in [0.5, 0.6) is 0 Å². The highest BCUT2D eigenvalue weighted by Crippen LogP contribution is 2.03. The molecule has 1 N–H and O–H groups in total. The lowest BCUT2D eigenvalue weighted by Crippen LogP contribution is -2.10. The van der Waals surface area contributed by atoms with Gasteiger partial charge in [0.1, 0.15) is 4.60 Å². The van der Waals surface area contributed by atoms with E-state index in [1.54, 1.807) is 0 Å². The van der Waals surface area contributed by atoms with Crippen LogP contribution in [-0.2, 0) is 0 Å². The molecular formula is C4H2BrFN2O. The van der Waals surface area contributed by atoms with E-state index in [2.05, 4.69) is 25.9 Å². The average Bonchev–Trinajstić information content (AvgIpc) is 1.83. The fourth-order valence-electron chi connectivity index (χ4n) is 0.361. The van der Waals surface area contributed by atoms with E-state index in [9.17, 15) is 9.18 Å². The first-order valence-electron chi connectivity index (χ1n) is 2.10. The van der Waals surface area contributed by atoms with Gasteiger partial charge in [-0.2, -0.15) is 4.39 Å². The third-order valence-corrected chi connectivity index (χ3v) is 1.31. The summed E-state index contributed by atoms with van der Waals surface area (Å²) in [5.74, 6) is -0.891. The number of rotatable bonds is 0. The van der Waals surface area contributed by atoms with Gasteiger partial charge in [0.25, 0.3) is 5.56 Å². The summed E-state index contributed by atoms with van der Waals surface area (Å²) >= 11 is 2.74. The Kier molecular flexibility index (Phi) is 1.61. The van der Waals surface area contributed by atoms with Crippen LogP contribution in [0.2, 0.25) is 0 Å². The summed E-state index contributed by atoms with van der Waals surface area (Å²) in [6.45, 7) is 0. The van der Waals surface area contributed by atoms with Crippen molar-refractivity contribution in [3.8, 4) is 0 Å². The molecular weight excluding hydrogens is 191 g/mol. The lowest BCUT2D eigenvalue weighted by atomic mass is 10.6. The summed E-state index contributed by atoms with van der Waals surface area (Å²) in [5.41, 5.74) is -0.767. The lowest BCUT2D eigenvalue weighted by molar-refractivity contribution is 0.591. The molecule has 0 radical (unpaired) electrons. The summed E-state index contributed by atoms with van der Waals surface area (Å²) in [4.78, 5) is 15.8. The first-order valence-corrected chi connectivity index (χ1v) is 2.90. The lowest BCUT2D eigenvalue weighted by Gasteiger charge is -1.86. The second-order valence-corrected chi connectivity index (χ2v) is 2.09. The molecule has 0 fully saturated rings. The maximum atomic E-state index is 12.3. The number of halogens is 2. The molecule has 0 aliphatic carbocycles. The van der Waals surface area contributed by atoms with Crippen molar-refractivity contribution >= 4 is 15.9 Å². The summed E-state index contributed by atoms with van der Waals surface area (Å²) in [6, 6.07) is 0. The molecule has 1 aromatic rings. The van der Waals surface area contributed by atoms with Gasteiger partial charge in [-0.25, -0.2) is 4.98 Å². The Morgan fingerprint density at radius 3 is 2.89 bits per heavy atom. The van der Waals surface area contributed by atoms with E-state index < -0.39 is 11.4 Å². The van der Waals surface area contributed by atoms with Crippen LogP contribution in [-0.4, -0.2) is 9.97 Å². The molecule has 1 heterocycles. The molecule has 0 aliphatic heterocycles. The van der Waals surface area contributed by atoms with Crippen molar-refractivity contribution in [2.75, 3.05) is 0 Å². The quantitative estimate of drug-likeness (QED) is 0.615. The van der Waals surface area contributed by atoms with Crippen LogP contribution >= 0.6 is 15.9 Å². The molecule has 48 valence electrons. The van der Waals surface area contributed by atoms with Gasteiger partial charge >= 0.3 is 0 Å². The fourth-order valence-corrected chi connectivity index (χ4v) is 0.644. The Hall–Kier alpha value is -0.710. The molecule has 3 nitrogen and oxygen atoms in total. The van der Waals surface area contributed by atoms with Gasteiger partial charge in [0.15, 0.2) is 0 Å². The van der Waals surface area contributed by atoms with Gasteiger partial charge in [0.2, 0.25) is 5.82 Å². The highest BCUT2D eigenvalue weighted by Gasteiger charge is 2.01. The maximum Gasteiger partial charge on any atom is 0.287 e. The second-order valence-electron chi connectivity index (χ2n) is 1.34. The van der Waals surface area contributed by atoms with Crippen LogP contribution in [0, 0.1) is 5.82 Å². The summed E-state index contributed by atoms with van der Waals surface area (Å²) in [5, 5.41) is 0. The topological polar surface area (TPSA) is 45.8 Å². The summed E-state index contributed by atoms with van der Waals surface area (Å²) in [7, 11) is 0. The molecule has 0 amide bonds. The minimum absolute atomic E-state index is 0.0637. The largest absolute Gasteiger partial charge is 0.311 e. The van der Waals surface area contributed by atoms with Crippen LogP contribution in [0.25, 0.3) is 0 Å². The first-order chi connectivity index (χ1) is 4.22. The number of nitrogens with zero attached hydrogens (tertiary/aromatic N) is 1. The van der Waals surface area contributed by atoms with Gasteiger partial charge in [0.05, 0.1) is 6.33 Å². The number of hydrogen-bond acceptors (Lipinski definition) is 2. The van der Waals surface area contributed by atoms with Crippen molar-refractivity contribution in [3.05, 3.63) is 27.1 Å². The zero-order valence-corrected chi connectivity index (χ0v) is 5.77. The molecule has 0 unspecified atom stereocenters. The number of aromatic nitrogens is 2. The minimum Gasteiger partial charge on any atom is -0.311 e. The number of H-pyrrole nitrogens is 1. The van der Waals surface area contributed by atoms with E-state index in [-0.39, 0.29) is 4.60 Å². The minimum atomic E-state index is -0.891. The second kappa shape index (κ2) is 2.26. The molecule has 1 aromatic heterocycles. The Balaban J connectivity index is 3.43. The van der Waals surface area contributed by atoms with Crippen molar-refractivity contribution in [2.24, 2.45) is 0 Å². The summed E-state index contributed by atoms with van der Waals surface area (Å²) < 4.78 is 12.2. The highest BCUT2D eigenvalue weighted by atomic mass is 79.9. The molecule has 0 aliphatic rings. The fraction of sp³-hybridized carbons (Fsp3) is 0. The van der Waals surface area contributed by atoms with E-state index >= 15 is 0 Å². The van der Waals surface area contributed by atoms with Crippen LogP contribution in [0.4, 0.5) is 4.39 Å². The van der Waals surface area contributed by atoms with Crippen molar-refractivity contribution in [1.29, 1.82) is 0 Å². The number of hydrogen-bond donors (Lipinski definition) is 1. The van der Waals surface area contributed by atoms with Gasteiger partial charge in [-0.15, -0.1) is 0 Å². The van der Waals surface area contributed by atoms with E-state index in [1.165, 1.54) is 0 Å². The van der Waals surface area contributed by atoms with E-state index in [0.29, 0.717) is 0 Å². The Bertz CT molecular complexity index is 272. The molecule has 5 heteroatoms. The number of nitrogens with one attached hydrogen (secondary N) is 1. The van der Waals surface area contributed by atoms with Crippen molar-refractivity contribution in [3.63, 3.8) is 0 Å². The van der Waals surface area contributed by atoms with Gasteiger partial charge in [-0.3, -0.25) is 4.79 Å². The molecule has 0 aromatic carbocycles. The standard InChI is InChI=1S/C4H2BrFN2O/c5-3-2(6)4(9)8-1-7-3/h1H,(H,7,8,9).